The van der Waals surface area contributed by atoms with E-state index in [0.29, 0.717) is 32.5 Å². The van der Waals surface area contributed by atoms with E-state index in [1.807, 2.05) is 24.3 Å². The topological polar surface area (TPSA) is 65.2 Å². The normalized spacial score (nSPS) is 13.3. The fourth-order valence-corrected chi connectivity index (χ4v) is 7.29. The zero-order chi connectivity index (χ0) is 32.7. The smallest absolute Gasteiger partial charge is 0.143 e. The molecule has 0 unspecified atom stereocenters. The average molecular weight is 694 g/mol. The van der Waals surface area contributed by atoms with Crippen LogP contribution in [0.1, 0.15) is 33.4 Å². The molecule has 6 aromatic rings. The van der Waals surface area contributed by atoms with E-state index in [1.165, 1.54) is 34.4 Å². The van der Waals surface area contributed by atoms with Crippen molar-refractivity contribution in [1.82, 2.24) is 0 Å². The van der Waals surface area contributed by atoms with Gasteiger partial charge in [-0.15, -0.1) is 0 Å². The number of hydrogen-bond donors (Lipinski definition) is 2. The Bertz CT molecular complexity index is 2050. The molecule has 0 spiro atoms. The van der Waals surface area contributed by atoms with E-state index in [0.717, 1.165) is 11.1 Å². The lowest BCUT2D eigenvalue weighted by molar-refractivity contribution is 0.474. The minimum atomic E-state index is -0.616. The van der Waals surface area contributed by atoms with Crippen LogP contribution in [0.3, 0.4) is 0 Å². The molecule has 0 radical (unpaired) electrons. The van der Waals surface area contributed by atoms with E-state index in [2.05, 4.69) is 82.8 Å². The van der Waals surface area contributed by atoms with Gasteiger partial charge in [-0.2, -0.15) is 0 Å². The summed E-state index contributed by atoms with van der Waals surface area (Å²) in [5.41, 5.74) is 8.47. The van der Waals surface area contributed by atoms with Gasteiger partial charge in [-0.3, -0.25) is 9.98 Å². The van der Waals surface area contributed by atoms with Crippen molar-refractivity contribution in [2.24, 2.45) is 9.98 Å². The van der Waals surface area contributed by atoms with E-state index >= 15 is 0 Å². The van der Waals surface area contributed by atoms with Crippen molar-refractivity contribution in [3.05, 3.63) is 175 Å². The Morgan fingerprint density at radius 1 is 0.489 bits per heavy atom. The summed E-state index contributed by atoms with van der Waals surface area (Å²) in [6, 6.07) is 39.4. The van der Waals surface area contributed by atoms with Gasteiger partial charge in [-0.25, -0.2) is 0 Å². The first-order valence-corrected chi connectivity index (χ1v) is 16.1. The van der Waals surface area contributed by atoms with Crippen molar-refractivity contribution in [3.8, 4) is 22.6 Å². The number of phenolic OH excluding ortho intramolecular Hbond substituents is 2. The summed E-state index contributed by atoms with van der Waals surface area (Å²) < 4.78 is 0. The third kappa shape index (κ3) is 5.58. The van der Waals surface area contributed by atoms with E-state index in [-0.39, 0.29) is 21.5 Å². The predicted octanol–water partition coefficient (Wildman–Crippen LogP) is 11.6. The molecule has 0 aliphatic heterocycles. The molecule has 0 atom stereocenters. The molecule has 0 aromatic heterocycles. The number of benzene rings is 6. The number of hydrogen-bond acceptors (Lipinski definition) is 4. The van der Waals surface area contributed by atoms with Crippen LogP contribution in [0.2, 0.25) is 20.1 Å². The largest absolute Gasteiger partial charge is 0.506 e. The van der Waals surface area contributed by atoms with Gasteiger partial charge >= 0.3 is 0 Å². The Morgan fingerprint density at radius 3 is 1.28 bits per heavy atom. The van der Waals surface area contributed by atoms with Gasteiger partial charge in [-0.1, -0.05) is 119 Å². The van der Waals surface area contributed by atoms with Crippen molar-refractivity contribution in [1.29, 1.82) is 0 Å². The minimum absolute atomic E-state index is 0.0736. The number of rotatable bonds is 6. The van der Waals surface area contributed by atoms with Gasteiger partial charge in [0, 0.05) is 33.6 Å². The highest BCUT2D eigenvalue weighted by Crippen LogP contribution is 2.56. The molecular formula is C39H24Cl4N2O2. The summed E-state index contributed by atoms with van der Waals surface area (Å²) in [5, 5.41) is 21.9. The molecule has 6 aromatic carbocycles. The maximum atomic E-state index is 10.4. The molecule has 0 saturated heterocycles. The summed E-state index contributed by atoms with van der Waals surface area (Å²) >= 11 is 24.5. The van der Waals surface area contributed by atoms with E-state index in [9.17, 15) is 10.2 Å². The van der Waals surface area contributed by atoms with Gasteiger partial charge in [0.1, 0.15) is 11.5 Å². The molecule has 4 nitrogen and oxygen atoms in total. The van der Waals surface area contributed by atoms with Crippen molar-refractivity contribution < 1.29 is 10.2 Å². The van der Waals surface area contributed by atoms with Crippen LogP contribution in [0, 0.1) is 0 Å². The highest BCUT2D eigenvalue weighted by atomic mass is 35.5. The number of phenols is 2. The first-order chi connectivity index (χ1) is 22.8. The Balaban J connectivity index is 1.32. The summed E-state index contributed by atoms with van der Waals surface area (Å²) in [6.07, 6.45) is 3.10. The Labute approximate surface area is 291 Å². The zero-order valence-electron chi connectivity index (χ0n) is 24.5. The van der Waals surface area contributed by atoms with Crippen molar-refractivity contribution in [2.75, 3.05) is 0 Å². The van der Waals surface area contributed by atoms with Gasteiger partial charge in [0.25, 0.3) is 0 Å². The Morgan fingerprint density at radius 2 is 0.872 bits per heavy atom. The fraction of sp³-hybridized carbons (Fsp3) is 0.0256. The standard InChI is InChI=1S/C39H24Cl4N2O2/c40-27-17-23(37(46)35(42)19-27)21-44-29-13-9-25(10-14-29)39(33-7-3-1-5-31(33)32-6-2-4-8-34(32)39)26-11-15-30(16-12-26)45-22-24-18-28(41)20-36(43)38(24)47/h1-22,46-47H. The fourth-order valence-electron chi connectivity index (χ4n) is 6.28. The summed E-state index contributed by atoms with van der Waals surface area (Å²) in [5.74, 6) is -0.147. The van der Waals surface area contributed by atoms with Crippen molar-refractivity contribution >= 4 is 70.2 Å². The average Bonchev–Trinajstić information content (AvgIpc) is 3.38. The van der Waals surface area contributed by atoms with Crippen LogP contribution in [0.25, 0.3) is 11.1 Å². The van der Waals surface area contributed by atoms with Crippen LogP contribution in [-0.4, -0.2) is 22.6 Å². The quantitative estimate of drug-likeness (QED) is 0.170. The van der Waals surface area contributed by atoms with E-state index < -0.39 is 5.41 Å². The second-order valence-electron chi connectivity index (χ2n) is 11.1. The molecule has 0 saturated carbocycles. The molecule has 0 amide bonds. The van der Waals surface area contributed by atoms with Crippen LogP contribution in [0.15, 0.2) is 131 Å². The van der Waals surface area contributed by atoms with E-state index in [1.54, 1.807) is 24.6 Å². The molecule has 0 bridgehead atoms. The highest BCUT2D eigenvalue weighted by molar-refractivity contribution is 6.36. The molecule has 2 N–H and O–H groups in total. The lowest BCUT2D eigenvalue weighted by atomic mass is 9.67. The molecule has 0 fully saturated rings. The number of nitrogens with zero attached hydrogens (tertiary/aromatic N) is 2. The van der Waals surface area contributed by atoms with Gasteiger partial charge in [-0.05, 0) is 81.9 Å². The van der Waals surface area contributed by atoms with Gasteiger partial charge in [0.2, 0.25) is 0 Å². The van der Waals surface area contributed by atoms with Crippen LogP contribution in [0.4, 0.5) is 11.4 Å². The Kier molecular flexibility index (Phi) is 8.29. The Hall–Kier alpha value is -4.58. The second-order valence-corrected chi connectivity index (χ2v) is 12.8. The van der Waals surface area contributed by atoms with Crippen molar-refractivity contribution in [3.63, 3.8) is 0 Å². The molecule has 7 rings (SSSR count). The first kappa shape index (κ1) is 31.0. The van der Waals surface area contributed by atoms with Gasteiger partial charge in [0.05, 0.1) is 26.8 Å². The van der Waals surface area contributed by atoms with Crippen molar-refractivity contribution in [2.45, 2.75) is 5.41 Å². The SMILES string of the molecule is Oc1c(Cl)cc(Cl)cc1C=Nc1ccc(C2(c3ccc(N=Cc4cc(Cl)cc(Cl)c4O)cc3)c3ccccc3-c3ccccc32)cc1. The third-order valence-electron chi connectivity index (χ3n) is 8.37. The van der Waals surface area contributed by atoms with Crippen LogP contribution < -0.4 is 0 Å². The molecule has 0 heterocycles. The highest BCUT2D eigenvalue weighted by Gasteiger charge is 2.45. The number of aromatic hydroxyl groups is 2. The summed E-state index contributed by atoms with van der Waals surface area (Å²) in [4.78, 5) is 9.19. The monoisotopic (exact) mass is 692 g/mol. The number of fused-ring (bicyclic) bond motifs is 3. The second kappa shape index (κ2) is 12.6. The summed E-state index contributed by atoms with van der Waals surface area (Å²) in [7, 11) is 0. The van der Waals surface area contributed by atoms with Crippen LogP contribution >= 0.6 is 46.4 Å². The maximum Gasteiger partial charge on any atom is 0.143 e. The predicted molar refractivity (Wildman–Crippen MR) is 195 cm³/mol. The molecule has 47 heavy (non-hydrogen) atoms. The third-order valence-corrected chi connectivity index (χ3v) is 9.39. The lowest BCUT2D eigenvalue weighted by Gasteiger charge is -2.34. The lowest BCUT2D eigenvalue weighted by Crippen LogP contribution is -2.28. The zero-order valence-corrected chi connectivity index (χ0v) is 27.5. The molecule has 230 valence electrons. The number of halogens is 4. The molecule has 1 aliphatic carbocycles. The number of aliphatic imine (C=N–C) groups is 2. The summed E-state index contributed by atoms with van der Waals surface area (Å²) in [6.45, 7) is 0. The molecule has 8 heteroatoms. The van der Waals surface area contributed by atoms with Gasteiger partial charge in [0.15, 0.2) is 0 Å². The first-order valence-electron chi connectivity index (χ1n) is 14.6. The van der Waals surface area contributed by atoms with Crippen LogP contribution in [-0.2, 0) is 5.41 Å². The van der Waals surface area contributed by atoms with Gasteiger partial charge < -0.3 is 10.2 Å². The van der Waals surface area contributed by atoms with Crippen LogP contribution in [0.5, 0.6) is 11.5 Å². The maximum absolute atomic E-state index is 10.4. The van der Waals surface area contributed by atoms with E-state index in [4.69, 9.17) is 46.4 Å². The minimum Gasteiger partial charge on any atom is -0.506 e. The molecule has 1 aliphatic rings. The molecular weight excluding hydrogens is 670 g/mol.